The van der Waals surface area contributed by atoms with Crippen LogP contribution in [-0.4, -0.2) is 19.2 Å². The third-order valence-corrected chi connectivity index (χ3v) is 2.67. The van der Waals surface area contributed by atoms with Crippen molar-refractivity contribution in [3.05, 3.63) is 29.8 Å². The molecule has 3 nitrogen and oxygen atoms in total. The Kier molecular flexibility index (Phi) is 6.57. The monoisotopic (exact) mass is 264 g/mol. The maximum Gasteiger partial charge on any atom is 0.313 e. The van der Waals surface area contributed by atoms with Gasteiger partial charge in [0, 0.05) is 6.61 Å². The number of hydrogen-bond acceptors (Lipinski definition) is 3. The maximum absolute atomic E-state index is 11.7. The summed E-state index contributed by atoms with van der Waals surface area (Å²) in [4.78, 5) is 11.7. The van der Waals surface area contributed by atoms with Crippen LogP contribution in [0.5, 0.6) is 5.75 Å². The first-order valence-corrected chi connectivity index (χ1v) is 6.88. The lowest BCUT2D eigenvalue weighted by Gasteiger charge is -2.12. The minimum absolute atomic E-state index is 0.239. The normalized spacial score (nSPS) is 11.1. The van der Waals surface area contributed by atoms with E-state index in [0.29, 0.717) is 37.2 Å². The summed E-state index contributed by atoms with van der Waals surface area (Å²) >= 11 is 0. The molecule has 0 bridgehead atoms. The lowest BCUT2D eigenvalue weighted by Crippen LogP contribution is -2.13. The summed E-state index contributed by atoms with van der Waals surface area (Å²) in [7, 11) is 0. The SMILES string of the molecule is CC(C)COCCC(=O)Oc1ccccc1C(C)C. The predicted molar refractivity (Wildman–Crippen MR) is 76.4 cm³/mol. The smallest absolute Gasteiger partial charge is 0.313 e. The summed E-state index contributed by atoms with van der Waals surface area (Å²) in [6, 6.07) is 7.66. The van der Waals surface area contributed by atoms with Crippen LogP contribution in [0.25, 0.3) is 0 Å². The third-order valence-electron chi connectivity index (χ3n) is 2.67. The first kappa shape index (κ1) is 15.7. The number of rotatable bonds is 7. The molecule has 0 N–H and O–H groups in total. The van der Waals surface area contributed by atoms with Gasteiger partial charge in [-0.1, -0.05) is 45.9 Å². The molecule has 0 amide bonds. The minimum Gasteiger partial charge on any atom is -0.426 e. The molecule has 0 aliphatic rings. The van der Waals surface area contributed by atoms with Gasteiger partial charge in [0.05, 0.1) is 13.0 Å². The van der Waals surface area contributed by atoms with E-state index in [4.69, 9.17) is 9.47 Å². The first-order valence-electron chi connectivity index (χ1n) is 6.88. The van der Waals surface area contributed by atoms with Gasteiger partial charge in [0.15, 0.2) is 0 Å². The number of esters is 1. The minimum atomic E-state index is -0.239. The van der Waals surface area contributed by atoms with Crippen molar-refractivity contribution in [2.75, 3.05) is 13.2 Å². The van der Waals surface area contributed by atoms with Crippen molar-refractivity contribution in [3.8, 4) is 5.75 Å². The van der Waals surface area contributed by atoms with Crippen LogP contribution in [0.1, 0.15) is 45.6 Å². The predicted octanol–water partition coefficient (Wildman–Crippen LogP) is 3.78. The van der Waals surface area contributed by atoms with Crippen LogP contribution in [-0.2, 0) is 9.53 Å². The number of carbonyl (C=O) groups is 1. The molecule has 0 aliphatic heterocycles. The van der Waals surface area contributed by atoms with Crippen LogP contribution >= 0.6 is 0 Å². The van der Waals surface area contributed by atoms with E-state index in [0.717, 1.165) is 5.56 Å². The molecule has 0 fully saturated rings. The molecule has 0 unspecified atom stereocenters. The Hall–Kier alpha value is -1.35. The fraction of sp³-hybridized carbons (Fsp3) is 0.562. The largest absolute Gasteiger partial charge is 0.426 e. The van der Waals surface area contributed by atoms with Gasteiger partial charge in [0.25, 0.3) is 0 Å². The maximum atomic E-state index is 11.7. The molecule has 0 saturated heterocycles. The molecular weight excluding hydrogens is 240 g/mol. The number of hydrogen-bond donors (Lipinski definition) is 0. The molecule has 106 valence electrons. The van der Waals surface area contributed by atoms with Crippen LogP contribution in [0.15, 0.2) is 24.3 Å². The van der Waals surface area contributed by atoms with Crippen LogP contribution in [0, 0.1) is 5.92 Å². The van der Waals surface area contributed by atoms with E-state index in [2.05, 4.69) is 27.7 Å². The Morgan fingerprint density at radius 2 is 1.84 bits per heavy atom. The molecule has 0 aromatic heterocycles. The van der Waals surface area contributed by atoms with Crippen molar-refractivity contribution in [2.45, 2.75) is 40.0 Å². The van der Waals surface area contributed by atoms with E-state index in [1.165, 1.54) is 0 Å². The van der Waals surface area contributed by atoms with Crippen molar-refractivity contribution in [2.24, 2.45) is 5.92 Å². The Bertz CT molecular complexity index is 397. The van der Waals surface area contributed by atoms with Gasteiger partial charge in [0.1, 0.15) is 5.75 Å². The van der Waals surface area contributed by atoms with Gasteiger partial charge in [0.2, 0.25) is 0 Å². The molecule has 0 heterocycles. The van der Waals surface area contributed by atoms with Gasteiger partial charge in [-0.25, -0.2) is 0 Å². The van der Waals surface area contributed by atoms with Crippen LogP contribution < -0.4 is 4.74 Å². The number of para-hydroxylation sites is 1. The van der Waals surface area contributed by atoms with E-state index < -0.39 is 0 Å². The quantitative estimate of drug-likeness (QED) is 0.427. The molecule has 0 aliphatic carbocycles. The van der Waals surface area contributed by atoms with E-state index in [9.17, 15) is 4.79 Å². The molecule has 0 saturated carbocycles. The molecule has 0 spiro atoms. The summed E-state index contributed by atoms with van der Waals surface area (Å²) in [5.74, 6) is 1.24. The standard InChI is InChI=1S/C16H24O3/c1-12(2)11-18-10-9-16(17)19-15-8-6-5-7-14(15)13(3)4/h5-8,12-13H,9-11H2,1-4H3. The molecular formula is C16H24O3. The highest BCUT2D eigenvalue weighted by molar-refractivity contribution is 5.72. The molecule has 1 aromatic rings. The summed E-state index contributed by atoms with van der Waals surface area (Å²) in [6.45, 7) is 9.42. The van der Waals surface area contributed by atoms with Crippen molar-refractivity contribution >= 4 is 5.97 Å². The zero-order chi connectivity index (χ0) is 14.3. The van der Waals surface area contributed by atoms with Crippen LogP contribution in [0.3, 0.4) is 0 Å². The lowest BCUT2D eigenvalue weighted by atomic mass is 10.0. The number of benzene rings is 1. The van der Waals surface area contributed by atoms with Crippen LogP contribution in [0.4, 0.5) is 0 Å². The Balaban J connectivity index is 2.44. The molecule has 3 heteroatoms. The second kappa shape index (κ2) is 7.95. The van der Waals surface area contributed by atoms with Crippen molar-refractivity contribution in [1.29, 1.82) is 0 Å². The average molecular weight is 264 g/mol. The number of carbonyl (C=O) groups excluding carboxylic acids is 1. The zero-order valence-electron chi connectivity index (χ0n) is 12.3. The van der Waals surface area contributed by atoms with Gasteiger partial charge in [-0.3, -0.25) is 4.79 Å². The molecule has 0 radical (unpaired) electrons. The second-order valence-electron chi connectivity index (χ2n) is 5.39. The summed E-state index contributed by atoms with van der Waals surface area (Å²) in [5, 5.41) is 0. The Morgan fingerprint density at radius 3 is 2.47 bits per heavy atom. The van der Waals surface area contributed by atoms with Crippen molar-refractivity contribution < 1.29 is 14.3 Å². The first-order chi connectivity index (χ1) is 9.00. The van der Waals surface area contributed by atoms with Gasteiger partial charge in [-0.05, 0) is 23.5 Å². The van der Waals surface area contributed by atoms with Gasteiger partial charge >= 0.3 is 5.97 Å². The highest BCUT2D eigenvalue weighted by atomic mass is 16.5. The number of ether oxygens (including phenoxy) is 2. The van der Waals surface area contributed by atoms with E-state index in [-0.39, 0.29) is 5.97 Å². The topological polar surface area (TPSA) is 35.5 Å². The Morgan fingerprint density at radius 1 is 1.16 bits per heavy atom. The van der Waals surface area contributed by atoms with E-state index in [1.807, 2.05) is 24.3 Å². The highest BCUT2D eigenvalue weighted by Gasteiger charge is 2.11. The second-order valence-corrected chi connectivity index (χ2v) is 5.39. The fourth-order valence-electron chi connectivity index (χ4n) is 1.70. The van der Waals surface area contributed by atoms with Crippen molar-refractivity contribution in [3.63, 3.8) is 0 Å². The van der Waals surface area contributed by atoms with Gasteiger partial charge in [-0.2, -0.15) is 0 Å². The van der Waals surface area contributed by atoms with Crippen molar-refractivity contribution in [1.82, 2.24) is 0 Å². The van der Waals surface area contributed by atoms with Gasteiger partial charge < -0.3 is 9.47 Å². The molecule has 1 rings (SSSR count). The van der Waals surface area contributed by atoms with E-state index in [1.54, 1.807) is 0 Å². The summed E-state index contributed by atoms with van der Waals surface area (Å²) in [6.07, 6.45) is 0.291. The molecule has 1 aromatic carbocycles. The Labute approximate surface area is 115 Å². The highest BCUT2D eigenvalue weighted by Crippen LogP contribution is 2.26. The van der Waals surface area contributed by atoms with Crippen LogP contribution in [0.2, 0.25) is 0 Å². The van der Waals surface area contributed by atoms with Gasteiger partial charge in [-0.15, -0.1) is 0 Å². The molecule has 19 heavy (non-hydrogen) atoms. The summed E-state index contributed by atoms with van der Waals surface area (Å²) < 4.78 is 10.8. The fourth-order valence-corrected chi connectivity index (χ4v) is 1.70. The lowest BCUT2D eigenvalue weighted by molar-refractivity contribution is -0.135. The molecule has 0 atom stereocenters. The third kappa shape index (κ3) is 5.88. The average Bonchev–Trinajstić information content (AvgIpc) is 2.35. The van der Waals surface area contributed by atoms with E-state index >= 15 is 0 Å². The summed E-state index contributed by atoms with van der Waals surface area (Å²) in [5.41, 5.74) is 1.05. The zero-order valence-corrected chi connectivity index (χ0v) is 12.3.